The summed E-state index contributed by atoms with van der Waals surface area (Å²) in [5, 5.41) is 11.7. The van der Waals surface area contributed by atoms with Gasteiger partial charge in [0.15, 0.2) is 0 Å². The molecule has 206 valence electrons. The van der Waals surface area contributed by atoms with Gasteiger partial charge in [-0.1, -0.05) is 72.8 Å². The van der Waals surface area contributed by atoms with E-state index in [1.807, 2.05) is 84.9 Å². The fraction of sp³-hybridized carbons (Fsp3) is 0.226. The first-order valence-corrected chi connectivity index (χ1v) is 12.8. The highest BCUT2D eigenvalue weighted by molar-refractivity contribution is 5.80. The molecular weight excluding hydrogens is 510 g/mol. The van der Waals surface area contributed by atoms with Crippen LogP contribution in [0.5, 0.6) is 5.75 Å². The number of methoxy groups -OCH3 is 1. The molecule has 40 heavy (non-hydrogen) atoms. The van der Waals surface area contributed by atoms with Crippen LogP contribution in [0.3, 0.4) is 0 Å². The number of nitrogens with zero attached hydrogens (tertiary/aromatic N) is 2. The first-order chi connectivity index (χ1) is 19.2. The first kappa shape index (κ1) is 28.1. The number of hydrogen-bond donors (Lipinski definition) is 1. The second kappa shape index (κ2) is 12.3. The van der Waals surface area contributed by atoms with Crippen molar-refractivity contribution in [3.05, 3.63) is 134 Å². The molecule has 0 aliphatic carbocycles. The maximum absolute atomic E-state index is 13.4. The van der Waals surface area contributed by atoms with Gasteiger partial charge in [0, 0.05) is 23.7 Å². The van der Waals surface area contributed by atoms with Crippen molar-refractivity contribution in [1.29, 1.82) is 0 Å². The number of aryl methyl sites for hydroxylation is 1. The third kappa shape index (κ3) is 6.04. The lowest BCUT2D eigenvalue weighted by molar-refractivity contribution is -0.306. The quantitative estimate of drug-likeness (QED) is 0.290. The van der Waals surface area contributed by atoms with Crippen molar-refractivity contribution >= 4 is 11.9 Å². The number of aliphatic carboxylic acids is 1. The van der Waals surface area contributed by atoms with Crippen molar-refractivity contribution in [2.75, 3.05) is 20.2 Å². The Hall–Kier alpha value is -4.92. The summed E-state index contributed by atoms with van der Waals surface area (Å²) in [5.74, 6) is -1.33. The lowest BCUT2D eigenvalue weighted by atomic mass is 9.67. The molecule has 4 rings (SSSR count). The molecule has 0 saturated heterocycles. The molecule has 9 nitrogen and oxygen atoms in total. The zero-order valence-corrected chi connectivity index (χ0v) is 22.3. The second-order valence-corrected chi connectivity index (χ2v) is 9.50. The summed E-state index contributed by atoms with van der Waals surface area (Å²) in [7, 11) is 1.59. The molecule has 3 aromatic carbocycles. The number of benzene rings is 3. The van der Waals surface area contributed by atoms with Crippen LogP contribution < -0.4 is 21.1 Å². The zero-order chi connectivity index (χ0) is 28.7. The Kier molecular flexibility index (Phi) is 8.63. The number of H-pyrrole nitrogens is 1. The van der Waals surface area contributed by atoms with Gasteiger partial charge in [0.25, 0.3) is 5.56 Å². The number of carboxylic acid groups (broad SMARTS) is 1. The van der Waals surface area contributed by atoms with Crippen LogP contribution in [0.2, 0.25) is 0 Å². The summed E-state index contributed by atoms with van der Waals surface area (Å²) in [4.78, 5) is 52.5. The van der Waals surface area contributed by atoms with Crippen molar-refractivity contribution < 1.29 is 19.4 Å². The maximum Gasteiger partial charge on any atom is 0.328 e. The van der Waals surface area contributed by atoms with E-state index in [-0.39, 0.29) is 12.1 Å². The Labute approximate surface area is 231 Å². The number of carboxylic acids is 1. The van der Waals surface area contributed by atoms with E-state index < -0.39 is 41.6 Å². The smallest absolute Gasteiger partial charge is 0.328 e. The van der Waals surface area contributed by atoms with Crippen LogP contribution in [0.25, 0.3) is 0 Å². The summed E-state index contributed by atoms with van der Waals surface area (Å²) in [6.45, 7) is 0.467. The zero-order valence-electron chi connectivity index (χ0n) is 22.3. The molecule has 1 N–H and O–H groups in total. The lowest BCUT2D eigenvalue weighted by Crippen LogP contribution is -2.46. The predicted molar refractivity (Wildman–Crippen MR) is 148 cm³/mol. The van der Waals surface area contributed by atoms with Crippen LogP contribution in [0.4, 0.5) is 0 Å². The number of hydrogen-bond acceptors (Lipinski definition) is 6. The van der Waals surface area contributed by atoms with Crippen molar-refractivity contribution in [3.8, 4) is 5.75 Å². The van der Waals surface area contributed by atoms with Gasteiger partial charge >= 0.3 is 5.69 Å². The normalized spacial score (nSPS) is 11.2. The van der Waals surface area contributed by atoms with Crippen LogP contribution in [0, 0.1) is 6.92 Å². The van der Waals surface area contributed by atoms with Gasteiger partial charge in [0.2, 0.25) is 5.91 Å². The van der Waals surface area contributed by atoms with E-state index in [4.69, 9.17) is 4.74 Å². The van der Waals surface area contributed by atoms with Crippen molar-refractivity contribution in [3.63, 3.8) is 0 Å². The number of aromatic nitrogens is 2. The molecule has 1 heterocycles. The van der Waals surface area contributed by atoms with E-state index in [1.54, 1.807) is 7.11 Å². The molecule has 4 aromatic rings. The summed E-state index contributed by atoms with van der Waals surface area (Å²) in [6.07, 6.45) is 1.61. The number of carbonyl (C=O) groups is 2. The summed E-state index contributed by atoms with van der Waals surface area (Å²) in [6, 6.07) is 27.3. The number of ether oxygens (including phenoxy) is 1. The van der Waals surface area contributed by atoms with Gasteiger partial charge in [0.05, 0.1) is 19.6 Å². The van der Waals surface area contributed by atoms with Crippen LogP contribution in [-0.2, 0) is 21.5 Å². The number of amides is 1. The van der Waals surface area contributed by atoms with E-state index >= 15 is 0 Å². The highest BCUT2D eigenvalue weighted by Crippen LogP contribution is 2.42. The van der Waals surface area contributed by atoms with Gasteiger partial charge in [0.1, 0.15) is 12.3 Å². The topological polar surface area (TPSA) is 125 Å². The Morgan fingerprint density at radius 2 is 1.45 bits per heavy atom. The molecule has 0 radical (unpaired) electrons. The van der Waals surface area contributed by atoms with E-state index in [9.17, 15) is 24.3 Å². The second-order valence-electron chi connectivity index (χ2n) is 9.50. The molecule has 1 aromatic heterocycles. The lowest BCUT2D eigenvalue weighted by Gasteiger charge is -2.38. The van der Waals surface area contributed by atoms with E-state index in [2.05, 4.69) is 4.98 Å². The minimum atomic E-state index is -1.42. The highest BCUT2D eigenvalue weighted by atomic mass is 16.5. The van der Waals surface area contributed by atoms with Crippen LogP contribution in [0.15, 0.2) is 101 Å². The van der Waals surface area contributed by atoms with Crippen molar-refractivity contribution in [2.24, 2.45) is 0 Å². The summed E-state index contributed by atoms with van der Waals surface area (Å²) < 4.78 is 6.44. The van der Waals surface area contributed by atoms with Crippen LogP contribution >= 0.6 is 0 Å². The average molecular weight is 541 g/mol. The third-order valence-electron chi connectivity index (χ3n) is 7.04. The average Bonchev–Trinajstić information content (AvgIpc) is 2.96. The summed E-state index contributed by atoms with van der Waals surface area (Å²) >= 11 is 0. The molecule has 0 unspecified atom stereocenters. The van der Waals surface area contributed by atoms with E-state index in [0.717, 1.165) is 21.3 Å². The molecule has 0 aliphatic rings. The molecule has 0 aliphatic heterocycles. The Morgan fingerprint density at radius 3 is 1.98 bits per heavy atom. The minimum absolute atomic E-state index is 0.0414. The molecule has 0 fully saturated rings. The van der Waals surface area contributed by atoms with Crippen LogP contribution in [-0.4, -0.2) is 46.5 Å². The number of carbonyl (C=O) groups excluding carboxylic acids is 2. The highest BCUT2D eigenvalue weighted by Gasteiger charge is 2.37. The number of rotatable bonds is 11. The van der Waals surface area contributed by atoms with E-state index in [0.29, 0.717) is 12.2 Å². The van der Waals surface area contributed by atoms with Gasteiger partial charge < -0.3 is 19.5 Å². The molecule has 1 amide bonds. The monoisotopic (exact) mass is 540 g/mol. The van der Waals surface area contributed by atoms with Gasteiger partial charge in [-0.15, -0.1) is 0 Å². The first-order valence-electron chi connectivity index (χ1n) is 12.8. The molecule has 0 saturated carbocycles. The van der Waals surface area contributed by atoms with Crippen molar-refractivity contribution in [1.82, 2.24) is 14.5 Å². The van der Waals surface area contributed by atoms with Gasteiger partial charge in [-0.2, -0.15) is 0 Å². The fourth-order valence-corrected chi connectivity index (χ4v) is 4.99. The standard InChI is InChI=1S/C31H31N3O6/c1-22-19-34(30(39)32-29(22)38)20-27(35)33(21-28(36)37)18-17-31(23-9-5-3-6-10-23,24-11-7-4-8-12-24)25-13-15-26(40-2)16-14-25/h3-16,19H,17-18,20-21H2,1-2H3,(H,36,37)(H,32,38,39)/p-1. The Balaban J connectivity index is 1.77. The fourth-order valence-electron chi connectivity index (χ4n) is 4.99. The summed E-state index contributed by atoms with van der Waals surface area (Å²) in [5.41, 5.74) is 1.04. The molecule has 0 bridgehead atoms. The van der Waals surface area contributed by atoms with Crippen molar-refractivity contribution in [2.45, 2.75) is 25.3 Å². The number of nitrogens with one attached hydrogen (secondary N) is 1. The molecule has 0 spiro atoms. The predicted octanol–water partition coefficient (Wildman–Crippen LogP) is 1.86. The third-order valence-corrected chi connectivity index (χ3v) is 7.04. The van der Waals surface area contributed by atoms with Crippen LogP contribution in [0.1, 0.15) is 28.7 Å². The van der Waals surface area contributed by atoms with Gasteiger partial charge in [-0.3, -0.25) is 19.1 Å². The van der Waals surface area contributed by atoms with E-state index in [1.165, 1.54) is 18.0 Å². The largest absolute Gasteiger partial charge is 0.548 e. The minimum Gasteiger partial charge on any atom is -0.548 e. The Morgan fingerprint density at radius 1 is 0.900 bits per heavy atom. The maximum atomic E-state index is 13.4. The Bertz CT molecular complexity index is 1540. The van der Waals surface area contributed by atoms with Gasteiger partial charge in [-0.05, 0) is 42.2 Å². The molecule has 9 heteroatoms. The van der Waals surface area contributed by atoms with Gasteiger partial charge in [-0.25, -0.2) is 4.79 Å². The molecule has 0 atom stereocenters. The number of aromatic amines is 1. The molecular formula is C31H30N3O6-. The SMILES string of the molecule is COc1ccc(C(CCN(CC(=O)[O-])C(=O)Cn2cc(C)c(=O)[nH]c2=O)(c2ccccc2)c2ccccc2)cc1.